The number of fused-ring (bicyclic) bond motifs is 1. The molecule has 0 unspecified atom stereocenters. The van der Waals surface area contributed by atoms with Crippen LogP contribution in [0.4, 0.5) is 5.82 Å². The number of carboxylic acid groups (broad SMARTS) is 1. The van der Waals surface area contributed by atoms with Gasteiger partial charge in [-0.15, -0.1) is 0 Å². The number of nitrogens with zero attached hydrogens (tertiary/aromatic N) is 4. The van der Waals surface area contributed by atoms with Crippen molar-refractivity contribution in [2.75, 3.05) is 18.0 Å². The molecule has 1 aliphatic rings. The minimum atomic E-state index is -0.730. The minimum Gasteiger partial charge on any atom is -0.481 e. The number of carbonyl (C=O) groups is 1. The van der Waals surface area contributed by atoms with E-state index < -0.39 is 5.97 Å². The van der Waals surface area contributed by atoms with Gasteiger partial charge in [0.15, 0.2) is 5.82 Å². The van der Waals surface area contributed by atoms with Gasteiger partial charge in [0.05, 0.1) is 11.6 Å². The average Bonchev–Trinajstić information content (AvgIpc) is 3.05. The van der Waals surface area contributed by atoms with Gasteiger partial charge in [-0.3, -0.25) is 4.79 Å². The fraction of sp³-hybridized carbons (Fsp3) is 0.350. The van der Waals surface area contributed by atoms with Gasteiger partial charge in [-0.2, -0.15) is 5.10 Å². The van der Waals surface area contributed by atoms with Crippen molar-refractivity contribution in [1.29, 1.82) is 0 Å². The summed E-state index contributed by atoms with van der Waals surface area (Å²) in [7, 11) is 0. The van der Waals surface area contributed by atoms with E-state index in [2.05, 4.69) is 41.9 Å². The van der Waals surface area contributed by atoms with Gasteiger partial charge in [0.25, 0.3) is 0 Å². The highest BCUT2D eigenvalue weighted by Crippen LogP contribution is 2.29. The summed E-state index contributed by atoms with van der Waals surface area (Å²) in [4.78, 5) is 18.0. The van der Waals surface area contributed by atoms with Crippen LogP contribution in [-0.2, 0) is 4.79 Å². The lowest BCUT2D eigenvalue weighted by Gasteiger charge is -2.31. The van der Waals surface area contributed by atoms with Crippen molar-refractivity contribution in [1.82, 2.24) is 14.6 Å². The van der Waals surface area contributed by atoms with Gasteiger partial charge in [-0.05, 0) is 38.3 Å². The first-order valence-corrected chi connectivity index (χ1v) is 8.92. The van der Waals surface area contributed by atoms with E-state index in [0.717, 1.165) is 42.0 Å². The van der Waals surface area contributed by atoms with Gasteiger partial charge in [0.1, 0.15) is 5.52 Å². The highest BCUT2D eigenvalue weighted by atomic mass is 16.4. The molecule has 4 rings (SSSR count). The fourth-order valence-corrected chi connectivity index (χ4v) is 3.76. The van der Waals surface area contributed by atoms with Crippen molar-refractivity contribution in [2.45, 2.75) is 26.7 Å². The number of anilines is 1. The van der Waals surface area contributed by atoms with Crippen LogP contribution in [-0.4, -0.2) is 38.8 Å². The number of rotatable bonds is 3. The molecule has 26 heavy (non-hydrogen) atoms. The fourth-order valence-electron chi connectivity index (χ4n) is 3.76. The van der Waals surface area contributed by atoms with Crippen LogP contribution in [0.1, 0.15) is 24.0 Å². The molecule has 0 aliphatic carbocycles. The topological polar surface area (TPSA) is 70.7 Å². The number of carboxylic acids is 1. The molecule has 3 heterocycles. The number of benzene rings is 1. The number of hydrogen-bond acceptors (Lipinski definition) is 4. The molecule has 3 aromatic rings. The Morgan fingerprint density at radius 2 is 2.12 bits per heavy atom. The molecule has 0 spiro atoms. The maximum absolute atomic E-state index is 11.4. The zero-order valence-electron chi connectivity index (χ0n) is 15.0. The van der Waals surface area contributed by atoms with E-state index in [1.165, 1.54) is 11.1 Å². The summed E-state index contributed by atoms with van der Waals surface area (Å²) in [6.07, 6.45) is 5.15. The number of aromatic nitrogens is 3. The van der Waals surface area contributed by atoms with Crippen molar-refractivity contribution < 1.29 is 9.90 Å². The van der Waals surface area contributed by atoms with Crippen LogP contribution in [0.3, 0.4) is 0 Å². The van der Waals surface area contributed by atoms with Crippen LogP contribution < -0.4 is 4.90 Å². The SMILES string of the molecule is Cc1ccc(-c2cc3c(N4CCC[C@@H](C(=O)O)C4)nccn3n2)c(C)c1. The monoisotopic (exact) mass is 350 g/mol. The molecule has 6 heteroatoms. The van der Waals surface area contributed by atoms with Crippen LogP contribution in [0, 0.1) is 19.8 Å². The first-order valence-electron chi connectivity index (χ1n) is 8.92. The summed E-state index contributed by atoms with van der Waals surface area (Å²) in [5.41, 5.74) is 5.33. The van der Waals surface area contributed by atoms with Crippen LogP contribution in [0.2, 0.25) is 0 Å². The van der Waals surface area contributed by atoms with Crippen molar-refractivity contribution in [3.05, 3.63) is 47.8 Å². The molecule has 1 N–H and O–H groups in total. The molecule has 2 aromatic heterocycles. The van der Waals surface area contributed by atoms with Crippen LogP contribution >= 0.6 is 0 Å². The highest BCUT2D eigenvalue weighted by molar-refractivity contribution is 5.77. The average molecular weight is 350 g/mol. The zero-order chi connectivity index (χ0) is 18.3. The summed E-state index contributed by atoms with van der Waals surface area (Å²) < 4.78 is 1.83. The largest absolute Gasteiger partial charge is 0.481 e. The molecule has 0 radical (unpaired) electrons. The van der Waals surface area contributed by atoms with E-state index >= 15 is 0 Å². The van der Waals surface area contributed by atoms with Gasteiger partial charge in [0, 0.05) is 31.0 Å². The molecular formula is C20H22N4O2. The van der Waals surface area contributed by atoms with E-state index in [-0.39, 0.29) is 5.92 Å². The molecule has 0 bridgehead atoms. The molecule has 1 fully saturated rings. The Bertz CT molecular complexity index is 979. The number of piperidine rings is 1. The van der Waals surface area contributed by atoms with E-state index in [0.29, 0.717) is 6.54 Å². The number of hydrogen-bond donors (Lipinski definition) is 1. The molecule has 1 aliphatic heterocycles. The molecule has 0 saturated carbocycles. The Morgan fingerprint density at radius 3 is 2.88 bits per heavy atom. The Hall–Kier alpha value is -2.89. The second-order valence-corrected chi connectivity index (χ2v) is 7.05. The highest BCUT2D eigenvalue weighted by Gasteiger charge is 2.27. The van der Waals surface area contributed by atoms with Gasteiger partial charge in [-0.1, -0.05) is 23.8 Å². The normalized spacial score (nSPS) is 17.6. The van der Waals surface area contributed by atoms with E-state index in [9.17, 15) is 9.90 Å². The third-order valence-corrected chi connectivity index (χ3v) is 5.10. The lowest BCUT2D eigenvalue weighted by atomic mass is 9.98. The lowest BCUT2D eigenvalue weighted by molar-refractivity contribution is -0.141. The molecule has 0 amide bonds. The number of aliphatic carboxylic acids is 1. The number of aryl methyl sites for hydroxylation is 2. The predicted octanol–water partition coefficient (Wildman–Crippen LogP) is 3.31. The second kappa shape index (κ2) is 6.44. The molecule has 1 saturated heterocycles. The molecule has 1 aromatic carbocycles. The molecule has 6 nitrogen and oxygen atoms in total. The van der Waals surface area contributed by atoms with Crippen molar-refractivity contribution in [3.8, 4) is 11.3 Å². The summed E-state index contributed by atoms with van der Waals surface area (Å²) in [5, 5.41) is 14.1. The van der Waals surface area contributed by atoms with E-state index in [4.69, 9.17) is 5.10 Å². The zero-order valence-corrected chi connectivity index (χ0v) is 15.0. The second-order valence-electron chi connectivity index (χ2n) is 7.05. The first kappa shape index (κ1) is 16.6. The minimum absolute atomic E-state index is 0.340. The smallest absolute Gasteiger partial charge is 0.308 e. The van der Waals surface area contributed by atoms with Gasteiger partial charge < -0.3 is 10.0 Å². The summed E-state index contributed by atoms with van der Waals surface area (Å²) >= 11 is 0. The van der Waals surface area contributed by atoms with Crippen LogP contribution in [0.25, 0.3) is 16.8 Å². The third-order valence-electron chi connectivity index (χ3n) is 5.10. The van der Waals surface area contributed by atoms with E-state index in [1.807, 2.05) is 16.8 Å². The Kier molecular flexibility index (Phi) is 4.11. The molecule has 1 atom stereocenters. The quantitative estimate of drug-likeness (QED) is 0.785. The van der Waals surface area contributed by atoms with Crippen LogP contribution in [0.5, 0.6) is 0 Å². The van der Waals surface area contributed by atoms with Gasteiger partial charge in [0.2, 0.25) is 0 Å². The summed E-state index contributed by atoms with van der Waals surface area (Å²) in [6.45, 7) is 5.48. The van der Waals surface area contributed by atoms with E-state index in [1.54, 1.807) is 6.20 Å². The van der Waals surface area contributed by atoms with Crippen LogP contribution in [0.15, 0.2) is 36.7 Å². The van der Waals surface area contributed by atoms with Gasteiger partial charge >= 0.3 is 5.97 Å². The Labute approximate surface area is 152 Å². The molecular weight excluding hydrogens is 328 g/mol. The maximum Gasteiger partial charge on any atom is 0.308 e. The van der Waals surface area contributed by atoms with Gasteiger partial charge in [-0.25, -0.2) is 9.50 Å². The first-order chi connectivity index (χ1) is 12.5. The third kappa shape index (κ3) is 2.92. The van der Waals surface area contributed by atoms with Crippen molar-refractivity contribution >= 4 is 17.3 Å². The lowest BCUT2D eigenvalue weighted by Crippen LogP contribution is -2.39. The van der Waals surface area contributed by atoms with Crippen molar-refractivity contribution in [2.24, 2.45) is 5.92 Å². The van der Waals surface area contributed by atoms with Crippen molar-refractivity contribution in [3.63, 3.8) is 0 Å². The molecule has 134 valence electrons. The Balaban J connectivity index is 1.75. The standard InChI is InChI=1S/C20H22N4O2/c1-13-5-6-16(14(2)10-13)17-11-18-19(21-7-9-24(18)22-17)23-8-3-4-15(12-23)20(25)26/h5-7,9-11,15H,3-4,8,12H2,1-2H3,(H,25,26)/t15-/m1/s1. The maximum atomic E-state index is 11.4. The predicted molar refractivity (Wildman–Crippen MR) is 100 cm³/mol. The Morgan fingerprint density at radius 1 is 1.27 bits per heavy atom. The summed E-state index contributed by atoms with van der Waals surface area (Å²) in [6, 6.07) is 8.39. The summed E-state index contributed by atoms with van der Waals surface area (Å²) in [5.74, 6) is -0.263.